The van der Waals surface area contributed by atoms with Crippen molar-refractivity contribution in [2.45, 2.75) is 19.8 Å². The fourth-order valence-corrected chi connectivity index (χ4v) is 4.44. The van der Waals surface area contributed by atoms with E-state index in [1.807, 2.05) is 17.0 Å². The molecule has 5 nitrogen and oxygen atoms in total. The van der Waals surface area contributed by atoms with Crippen molar-refractivity contribution in [1.82, 2.24) is 9.88 Å². The number of aromatic nitrogens is 1. The molecule has 0 atom stereocenters. The van der Waals surface area contributed by atoms with Crippen molar-refractivity contribution >= 4 is 38.9 Å². The van der Waals surface area contributed by atoms with E-state index in [2.05, 4.69) is 51.8 Å². The fourth-order valence-electron chi connectivity index (χ4n) is 2.96. The Morgan fingerprint density at radius 1 is 1.20 bits per heavy atom. The van der Waals surface area contributed by atoms with Crippen LogP contribution in [0.25, 0.3) is 0 Å². The highest BCUT2D eigenvalue weighted by Crippen LogP contribution is 2.31. The Bertz CT molecular complexity index is 737. The maximum absolute atomic E-state index is 12.9. The summed E-state index contributed by atoms with van der Waals surface area (Å²) in [6.07, 6.45) is 0. The molecule has 0 N–H and O–H groups in total. The average molecular weight is 424 g/mol. The quantitative estimate of drug-likeness (QED) is 0.745. The second-order valence-corrected chi connectivity index (χ2v) is 8.62. The summed E-state index contributed by atoms with van der Waals surface area (Å²) in [5.74, 6) is 1.19. The third-order valence-corrected chi connectivity index (χ3v) is 6.17. The van der Waals surface area contributed by atoms with Gasteiger partial charge in [-0.3, -0.25) is 4.79 Å². The zero-order valence-electron chi connectivity index (χ0n) is 14.7. The van der Waals surface area contributed by atoms with Crippen LogP contribution < -0.4 is 9.64 Å². The van der Waals surface area contributed by atoms with Gasteiger partial charge in [0.05, 0.1) is 7.11 Å². The number of amides is 1. The number of methoxy groups -OCH3 is 1. The molecule has 0 bridgehead atoms. The zero-order valence-corrected chi connectivity index (χ0v) is 17.1. The molecule has 3 rings (SSSR count). The number of nitrogens with zero attached hydrogens (tertiary/aromatic N) is 3. The Kier molecular flexibility index (Phi) is 5.64. The number of benzene rings is 1. The van der Waals surface area contributed by atoms with E-state index in [0.29, 0.717) is 24.7 Å². The fraction of sp³-hybridized carbons (Fsp3) is 0.444. The second kappa shape index (κ2) is 7.74. The SMILES string of the molecule is COc1ccc(N2CCN(C(=O)c3nc(Br)sc3C(C)C)CC2)cc1. The molecule has 0 spiro atoms. The summed E-state index contributed by atoms with van der Waals surface area (Å²) in [6, 6.07) is 8.05. The molecule has 134 valence electrons. The van der Waals surface area contributed by atoms with Crippen molar-refractivity contribution in [2.24, 2.45) is 0 Å². The maximum Gasteiger partial charge on any atom is 0.273 e. The van der Waals surface area contributed by atoms with E-state index in [1.165, 1.54) is 0 Å². The molecule has 0 aliphatic carbocycles. The minimum Gasteiger partial charge on any atom is -0.497 e. The van der Waals surface area contributed by atoms with Gasteiger partial charge in [0.25, 0.3) is 5.91 Å². The summed E-state index contributed by atoms with van der Waals surface area (Å²) >= 11 is 4.97. The molecule has 1 fully saturated rings. The summed E-state index contributed by atoms with van der Waals surface area (Å²) in [4.78, 5) is 22.6. The highest BCUT2D eigenvalue weighted by atomic mass is 79.9. The van der Waals surface area contributed by atoms with Crippen LogP contribution in [0.4, 0.5) is 5.69 Å². The van der Waals surface area contributed by atoms with E-state index in [0.717, 1.165) is 33.3 Å². The van der Waals surface area contributed by atoms with Crippen molar-refractivity contribution in [1.29, 1.82) is 0 Å². The molecule has 7 heteroatoms. The largest absolute Gasteiger partial charge is 0.497 e. The van der Waals surface area contributed by atoms with Gasteiger partial charge in [-0.05, 0) is 46.1 Å². The molecule has 0 radical (unpaired) electrons. The lowest BCUT2D eigenvalue weighted by Gasteiger charge is -2.36. The van der Waals surface area contributed by atoms with Crippen molar-refractivity contribution < 1.29 is 9.53 Å². The lowest BCUT2D eigenvalue weighted by atomic mass is 10.1. The molecule has 1 aromatic carbocycles. The van der Waals surface area contributed by atoms with Crippen LogP contribution in [0.3, 0.4) is 0 Å². The van der Waals surface area contributed by atoms with Gasteiger partial charge in [-0.2, -0.15) is 0 Å². The molecule has 2 heterocycles. The van der Waals surface area contributed by atoms with Gasteiger partial charge in [0.15, 0.2) is 3.92 Å². The standard InChI is InChI=1S/C18H22BrN3O2S/c1-12(2)16-15(20-18(19)25-16)17(23)22-10-8-21(9-11-22)13-4-6-14(24-3)7-5-13/h4-7,12H,8-11H2,1-3H3. The van der Waals surface area contributed by atoms with Gasteiger partial charge in [0.2, 0.25) is 0 Å². The molecule has 0 unspecified atom stereocenters. The predicted molar refractivity (Wildman–Crippen MR) is 105 cm³/mol. The first kappa shape index (κ1) is 18.2. The molecule has 0 saturated carbocycles. The third-order valence-electron chi connectivity index (χ3n) is 4.36. The van der Waals surface area contributed by atoms with Crippen LogP contribution >= 0.6 is 27.3 Å². The Labute approximate surface area is 160 Å². The van der Waals surface area contributed by atoms with Crippen LogP contribution in [0, 0.1) is 0 Å². The topological polar surface area (TPSA) is 45.7 Å². The number of carbonyl (C=O) groups is 1. The van der Waals surface area contributed by atoms with Gasteiger partial charge >= 0.3 is 0 Å². The van der Waals surface area contributed by atoms with Crippen LogP contribution in [0.15, 0.2) is 28.2 Å². The molecule has 1 saturated heterocycles. The van der Waals surface area contributed by atoms with Gasteiger partial charge in [-0.1, -0.05) is 13.8 Å². The first-order chi connectivity index (χ1) is 12.0. The van der Waals surface area contributed by atoms with Crippen LogP contribution in [-0.4, -0.2) is 49.1 Å². The minimum absolute atomic E-state index is 0.0417. The van der Waals surface area contributed by atoms with Gasteiger partial charge in [0.1, 0.15) is 11.4 Å². The maximum atomic E-state index is 12.9. The number of ether oxygens (including phenoxy) is 1. The van der Waals surface area contributed by atoms with Gasteiger partial charge < -0.3 is 14.5 Å². The van der Waals surface area contributed by atoms with Gasteiger partial charge in [-0.15, -0.1) is 11.3 Å². The Hall–Kier alpha value is -1.60. The molecule has 1 amide bonds. The van der Waals surface area contributed by atoms with Crippen molar-refractivity contribution in [3.63, 3.8) is 0 Å². The van der Waals surface area contributed by atoms with Gasteiger partial charge in [0, 0.05) is 36.7 Å². The van der Waals surface area contributed by atoms with E-state index in [1.54, 1.807) is 18.4 Å². The molecular formula is C18H22BrN3O2S. The van der Waals surface area contributed by atoms with Crippen molar-refractivity contribution in [3.8, 4) is 5.75 Å². The summed E-state index contributed by atoms with van der Waals surface area (Å²) in [7, 11) is 1.67. The number of rotatable bonds is 4. The second-order valence-electron chi connectivity index (χ2n) is 6.31. The summed E-state index contributed by atoms with van der Waals surface area (Å²) < 4.78 is 5.98. The summed E-state index contributed by atoms with van der Waals surface area (Å²) in [6.45, 7) is 7.24. The summed E-state index contributed by atoms with van der Waals surface area (Å²) in [5, 5.41) is 0. The number of thiazole rings is 1. The van der Waals surface area contributed by atoms with E-state index >= 15 is 0 Å². The van der Waals surface area contributed by atoms with E-state index in [9.17, 15) is 4.79 Å². The lowest BCUT2D eigenvalue weighted by molar-refractivity contribution is 0.0740. The highest BCUT2D eigenvalue weighted by molar-refractivity contribution is 9.11. The van der Waals surface area contributed by atoms with E-state index in [4.69, 9.17) is 4.74 Å². The minimum atomic E-state index is 0.0417. The number of hydrogen-bond donors (Lipinski definition) is 0. The smallest absolute Gasteiger partial charge is 0.273 e. The predicted octanol–water partition coefficient (Wildman–Crippen LogP) is 4.00. The Morgan fingerprint density at radius 2 is 1.84 bits per heavy atom. The Balaban J connectivity index is 1.66. The molecular weight excluding hydrogens is 402 g/mol. The molecule has 1 aliphatic rings. The average Bonchev–Trinajstić information content (AvgIpc) is 3.03. The monoisotopic (exact) mass is 423 g/mol. The number of hydrogen-bond acceptors (Lipinski definition) is 5. The number of piperazine rings is 1. The highest BCUT2D eigenvalue weighted by Gasteiger charge is 2.27. The number of anilines is 1. The van der Waals surface area contributed by atoms with Gasteiger partial charge in [-0.25, -0.2) is 4.98 Å². The first-order valence-electron chi connectivity index (χ1n) is 8.34. The molecule has 1 aromatic heterocycles. The van der Waals surface area contributed by atoms with Crippen molar-refractivity contribution in [2.75, 3.05) is 38.2 Å². The third kappa shape index (κ3) is 3.98. The van der Waals surface area contributed by atoms with E-state index in [-0.39, 0.29) is 5.91 Å². The molecule has 1 aliphatic heterocycles. The number of carbonyl (C=O) groups excluding carboxylic acids is 1. The Morgan fingerprint density at radius 3 is 2.40 bits per heavy atom. The van der Waals surface area contributed by atoms with Crippen LogP contribution in [0.1, 0.15) is 35.1 Å². The number of halogens is 1. The van der Waals surface area contributed by atoms with Crippen LogP contribution in [0.2, 0.25) is 0 Å². The zero-order chi connectivity index (χ0) is 18.0. The van der Waals surface area contributed by atoms with Crippen molar-refractivity contribution in [3.05, 3.63) is 38.8 Å². The lowest BCUT2D eigenvalue weighted by Crippen LogP contribution is -2.49. The van der Waals surface area contributed by atoms with Crippen LogP contribution in [-0.2, 0) is 0 Å². The summed E-state index contributed by atoms with van der Waals surface area (Å²) in [5.41, 5.74) is 1.76. The molecule has 25 heavy (non-hydrogen) atoms. The molecule has 2 aromatic rings. The van der Waals surface area contributed by atoms with E-state index < -0.39 is 0 Å². The first-order valence-corrected chi connectivity index (χ1v) is 9.95. The van der Waals surface area contributed by atoms with Crippen LogP contribution in [0.5, 0.6) is 5.75 Å². The normalized spacial score (nSPS) is 14.9.